The number of esters is 1. The monoisotopic (exact) mass is 570 g/mol. The number of nitrogens with zero attached hydrogens (tertiary/aromatic N) is 3. The molecule has 0 saturated carbocycles. The van der Waals surface area contributed by atoms with E-state index in [0.717, 1.165) is 34.3 Å². The van der Waals surface area contributed by atoms with Crippen LogP contribution in [-0.4, -0.2) is 33.1 Å². The molecule has 4 heterocycles. The van der Waals surface area contributed by atoms with Crippen LogP contribution in [0.15, 0.2) is 60.7 Å². The van der Waals surface area contributed by atoms with Crippen molar-refractivity contribution in [2.75, 3.05) is 11.9 Å². The molecule has 0 unspecified atom stereocenters. The van der Waals surface area contributed by atoms with Gasteiger partial charge in [0.1, 0.15) is 5.00 Å². The number of halogens is 3. The number of ether oxygens (including phenoxy) is 1. The summed E-state index contributed by atoms with van der Waals surface area (Å²) in [7, 11) is 0. The number of thiophene rings is 2. The highest BCUT2D eigenvalue weighted by Gasteiger charge is 2.36. The summed E-state index contributed by atoms with van der Waals surface area (Å²) in [6, 6.07) is 16.5. The van der Waals surface area contributed by atoms with E-state index in [1.807, 2.05) is 43.3 Å². The Balaban J connectivity index is 1.53. The number of carbonyl (C=O) groups excluding carboxylic acids is 2. The SMILES string of the molecule is CCOC(=O)c1cc(-c2ccccc2)sc1NC(=O)c1cc2nc(-c3ccc(CC)s3)cc(C(F)(F)F)n2n1. The Kier molecular flexibility index (Phi) is 7.23. The normalized spacial score (nSPS) is 11.6. The zero-order chi connectivity index (χ0) is 27.7. The third-order valence-electron chi connectivity index (χ3n) is 5.73. The van der Waals surface area contributed by atoms with Gasteiger partial charge >= 0.3 is 12.1 Å². The van der Waals surface area contributed by atoms with Gasteiger partial charge in [0.15, 0.2) is 17.0 Å². The fourth-order valence-corrected chi connectivity index (χ4v) is 5.83. The number of benzene rings is 1. The maximum absolute atomic E-state index is 14.0. The lowest BCUT2D eigenvalue weighted by atomic mass is 10.1. The molecule has 200 valence electrons. The van der Waals surface area contributed by atoms with Gasteiger partial charge in [0.25, 0.3) is 5.91 Å². The highest BCUT2D eigenvalue weighted by Crippen LogP contribution is 2.37. The first kappa shape index (κ1) is 26.6. The third-order valence-corrected chi connectivity index (χ3v) is 8.08. The lowest BCUT2D eigenvalue weighted by Crippen LogP contribution is -2.16. The van der Waals surface area contributed by atoms with Gasteiger partial charge in [-0.25, -0.2) is 14.3 Å². The zero-order valence-corrected chi connectivity index (χ0v) is 22.3. The van der Waals surface area contributed by atoms with E-state index in [1.54, 1.807) is 19.1 Å². The summed E-state index contributed by atoms with van der Waals surface area (Å²) in [5, 5.41) is 6.75. The number of aromatic nitrogens is 3. The molecule has 0 fully saturated rings. The molecular weight excluding hydrogens is 549 g/mol. The first-order valence-corrected chi connectivity index (χ1v) is 13.6. The second-order valence-electron chi connectivity index (χ2n) is 8.34. The summed E-state index contributed by atoms with van der Waals surface area (Å²) >= 11 is 2.50. The van der Waals surface area contributed by atoms with Gasteiger partial charge in [-0.2, -0.15) is 18.3 Å². The number of aryl methyl sites for hydroxylation is 1. The van der Waals surface area contributed by atoms with Crippen LogP contribution in [-0.2, 0) is 17.3 Å². The van der Waals surface area contributed by atoms with E-state index in [-0.39, 0.29) is 34.2 Å². The average Bonchev–Trinajstić information content (AvgIpc) is 3.66. The van der Waals surface area contributed by atoms with Crippen LogP contribution in [0.3, 0.4) is 0 Å². The summed E-state index contributed by atoms with van der Waals surface area (Å²) < 4.78 is 47.7. The number of amides is 1. The molecule has 5 aromatic rings. The van der Waals surface area contributed by atoms with E-state index in [2.05, 4.69) is 15.4 Å². The number of fused-ring (bicyclic) bond motifs is 1. The van der Waals surface area contributed by atoms with Crippen molar-refractivity contribution in [2.24, 2.45) is 0 Å². The number of hydrogen-bond acceptors (Lipinski definition) is 7. The molecule has 7 nitrogen and oxygen atoms in total. The van der Waals surface area contributed by atoms with Crippen LogP contribution in [0.4, 0.5) is 18.2 Å². The van der Waals surface area contributed by atoms with Gasteiger partial charge in [-0.15, -0.1) is 22.7 Å². The van der Waals surface area contributed by atoms with Crippen molar-refractivity contribution in [2.45, 2.75) is 26.4 Å². The van der Waals surface area contributed by atoms with Crippen molar-refractivity contribution in [1.29, 1.82) is 0 Å². The average molecular weight is 571 g/mol. The third kappa shape index (κ3) is 5.43. The highest BCUT2D eigenvalue weighted by molar-refractivity contribution is 7.20. The van der Waals surface area contributed by atoms with Gasteiger partial charge in [0.05, 0.1) is 22.7 Å². The summed E-state index contributed by atoms with van der Waals surface area (Å²) in [6.45, 7) is 3.75. The van der Waals surface area contributed by atoms with Gasteiger partial charge in [-0.3, -0.25) is 4.79 Å². The number of anilines is 1. The number of hydrogen-bond donors (Lipinski definition) is 1. The van der Waals surface area contributed by atoms with Crippen LogP contribution in [0.1, 0.15) is 45.3 Å². The van der Waals surface area contributed by atoms with Gasteiger partial charge in [-0.1, -0.05) is 37.3 Å². The molecule has 0 aliphatic rings. The molecule has 39 heavy (non-hydrogen) atoms. The van der Waals surface area contributed by atoms with Gasteiger partial charge in [0, 0.05) is 15.8 Å². The molecule has 1 amide bonds. The molecule has 0 radical (unpaired) electrons. The molecule has 0 saturated heterocycles. The van der Waals surface area contributed by atoms with Gasteiger partial charge in [-0.05, 0) is 43.2 Å². The Morgan fingerprint density at radius 3 is 2.44 bits per heavy atom. The minimum Gasteiger partial charge on any atom is -0.462 e. The van der Waals surface area contributed by atoms with Crippen LogP contribution in [0, 0.1) is 0 Å². The molecule has 1 N–H and O–H groups in total. The molecule has 0 aliphatic carbocycles. The Labute approximate surface area is 228 Å². The van der Waals surface area contributed by atoms with Crippen molar-refractivity contribution in [1.82, 2.24) is 14.6 Å². The van der Waals surface area contributed by atoms with Crippen molar-refractivity contribution in [3.63, 3.8) is 0 Å². The smallest absolute Gasteiger partial charge is 0.433 e. The molecular formula is C27H21F3N4O3S2. The van der Waals surface area contributed by atoms with E-state index < -0.39 is 23.7 Å². The van der Waals surface area contributed by atoms with Crippen molar-refractivity contribution in [3.8, 4) is 21.0 Å². The maximum Gasteiger partial charge on any atom is 0.433 e. The van der Waals surface area contributed by atoms with Crippen LogP contribution in [0.5, 0.6) is 0 Å². The molecule has 5 rings (SSSR count). The Morgan fingerprint density at radius 2 is 1.77 bits per heavy atom. The van der Waals surface area contributed by atoms with Gasteiger partial charge in [0.2, 0.25) is 0 Å². The number of rotatable bonds is 7. The summed E-state index contributed by atoms with van der Waals surface area (Å²) in [4.78, 5) is 32.4. The highest BCUT2D eigenvalue weighted by atomic mass is 32.1. The van der Waals surface area contributed by atoms with Crippen LogP contribution >= 0.6 is 22.7 Å². The predicted octanol–water partition coefficient (Wildman–Crippen LogP) is 7.20. The standard InChI is InChI=1S/C27H21F3N4O3S2/c1-3-16-10-11-20(38-16)18-13-22(27(28,29)30)34-23(31-18)14-19(33-34)24(35)32-25-17(26(36)37-4-2)12-21(39-25)15-8-6-5-7-9-15/h5-14H,3-4H2,1-2H3,(H,32,35). The Hall–Kier alpha value is -4.03. The second-order valence-corrected chi connectivity index (χ2v) is 10.6. The fourth-order valence-electron chi connectivity index (χ4n) is 3.88. The van der Waals surface area contributed by atoms with E-state index in [9.17, 15) is 22.8 Å². The Bertz CT molecular complexity index is 1670. The molecule has 0 aliphatic heterocycles. The number of nitrogens with one attached hydrogen (secondary N) is 1. The summed E-state index contributed by atoms with van der Waals surface area (Å²) in [5.41, 5.74) is -0.357. The van der Waals surface area contributed by atoms with E-state index in [0.29, 0.717) is 14.3 Å². The summed E-state index contributed by atoms with van der Waals surface area (Å²) in [5.74, 6) is -1.42. The minimum atomic E-state index is -4.74. The first-order chi connectivity index (χ1) is 18.7. The van der Waals surface area contributed by atoms with E-state index >= 15 is 0 Å². The Morgan fingerprint density at radius 1 is 1.00 bits per heavy atom. The zero-order valence-electron chi connectivity index (χ0n) is 20.7. The predicted molar refractivity (Wildman–Crippen MR) is 144 cm³/mol. The van der Waals surface area contributed by atoms with Crippen molar-refractivity contribution in [3.05, 3.63) is 82.5 Å². The fraction of sp³-hybridized carbons (Fsp3) is 0.185. The molecule has 0 bridgehead atoms. The topological polar surface area (TPSA) is 85.6 Å². The van der Waals surface area contributed by atoms with Crippen molar-refractivity contribution >= 4 is 45.2 Å². The molecule has 0 atom stereocenters. The summed E-state index contributed by atoms with van der Waals surface area (Å²) in [6.07, 6.45) is -3.99. The molecule has 0 spiro atoms. The molecule has 12 heteroatoms. The van der Waals surface area contributed by atoms with Crippen LogP contribution < -0.4 is 5.32 Å². The molecule has 1 aromatic carbocycles. The van der Waals surface area contributed by atoms with Crippen molar-refractivity contribution < 1.29 is 27.5 Å². The van der Waals surface area contributed by atoms with E-state index in [1.165, 1.54) is 17.4 Å². The maximum atomic E-state index is 14.0. The van der Waals surface area contributed by atoms with Gasteiger partial charge < -0.3 is 10.1 Å². The first-order valence-electron chi connectivity index (χ1n) is 11.9. The quantitative estimate of drug-likeness (QED) is 0.209. The van der Waals surface area contributed by atoms with E-state index in [4.69, 9.17) is 4.74 Å². The number of carbonyl (C=O) groups is 2. The van der Waals surface area contributed by atoms with Crippen LogP contribution in [0.25, 0.3) is 26.7 Å². The molecule has 4 aromatic heterocycles. The number of alkyl halides is 3. The second kappa shape index (κ2) is 10.6. The largest absolute Gasteiger partial charge is 0.462 e. The lowest BCUT2D eigenvalue weighted by molar-refractivity contribution is -0.142. The lowest BCUT2D eigenvalue weighted by Gasteiger charge is -2.10. The van der Waals surface area contributed by atoms with Crippen LogP contribution in [0.2, 0.25) is 0 Å². The minimum absolute atomic E-state index is 0.127.